The molecule has 1 aromatic heterocycles. The van der Waals surface area contributed by atoms with E-state index in [0.29, 0.717) is 13.0 Å². The molecule has 0 bridgehead atoms. The quantitative estimate of drug-likeness (QED) is 0.768. The first kappa shape index (κ1) is 15.5. The lowest BCUT2D eigenvalue weighted by molar-refractivity contribution is 0.215. The van der Waals surface area contributed by atoms with Gasteiger partial charge in [0, 0.05) is 9.75 Å². The van der Waals surface area contributed by atoms with Gasteiger partial charge >= 0.3 is 6.03 Å². The van der Waals surface area contributed by atoms with Crippen LogP contribution in [0.2, 0.25) is 0 Å². The number of carbonyl (C=O) groups excluding carboxylic acids is 1. The zero-order chi connectivity index (χ0) is 15.1. The number of hydrogen-bond acceptors (Lipinski definition) is 3. The number of thiophene rings is 1. The van der Waals surface area contributed by atoms with Crippen LogP contribution in [-0.2, 0) is 13.0 Å². The van der Waals surface area contributed by atoms with Crippen LogP contribution < -0.4 is 10.6 Å². The van der Waals surface area contributed by atoms with Gasteiger partial charge in [-0.15, -0.1) is 11.3 Å². The van der Waals surface area contributed by atoms with Gasteiger partial charge in [0.15, 0.2) is 0 Å². The maximum absolute atomic E-state index is 11.9. The van der Waals surface area contributed by atoms with Crippen LogP contribution in [0.15, 0.2) is 42.5 Å². The fourth-order valence-electron chi connectivity index (χ4n) is 2.04. The summed E-state index contributed by atoms with van der Waals surface area (Å²) in [4.78, 5) is 14.2. The van der Waals surface area contributed by atoms with Gasteiger partial charge in [0.25, 0.3) is 0 Å². The number of rotatable bonds is 6. The highest BCUT2D eigenvalue weighted by Crippen LogP contribution is 2.14. The molecule has 21 heavy (non-hydrogen) atoms. The number of carbonyl (C=O) groups is 1. The summed E-state index contributed by atoms with van der Waals surface area (Å²) in [5.74, 6) is 0. The molecule has 0 saturated heterocycles. The predicted molar refractivity (Wildman–Crippen MR) is 85.4 cm³/mol. The molecule has 0 aliphatic carbocycles. The Hall–Kier alpha value is -1.85. The zero-order valence-corrected chi connectivity index (χ0v) is 12.8. The largest absolute Gasteiger partial charge is 0.394 e. The van der Waals surface area contributed by atoms with Crippen LogP contribution in [0.1, 0.15) is 15.3 Å². The Morgan fingerprint density at radius 2 is 2.00 bits per heavy atom. The van der Waals surface area contributed by atoms with Crippen molar-refractivity contribution < 1.29 is 9.90 Å². The van der Waals surface area contributed by atoms with Gasteiger partial charge in [-0.3, -0.25) is 0 Å². The van der Waals surface area contributed by atoms with E-state index < -0.39 is 0 Å². The molecule has 0 aliphatic rings. The number of aliphatic hydroxyl groups is 1. The molecule has 0 saturated carbocycles. The molecular weight excluding hydrogens is 284 g/mol. The molecule has 1 atom stereocenters. The summed E-state index contributed by atoms with van der Waals surface area (Å²) in [6.45, 7) is 2.46. The smallest absolute Gasteiger partial charge is 0.315 e. The van der Waals surface area contributed by atoms with Gasteiger partial charge in [-0.1, -0.05) is 30.3 Å². The summed E-state index contributed by atoms with van der Waals surface area (Å²) in [5, 5.41) is 15.0. The highest BCUT2D eigenvalue weighted by molar-refractivity contribution is 7.11. The summed E-state index contributed by atoms with van der Waals surface area (Å²) >= 11 is 1.67. The number of nitrogens with one attached hydrogen (secondary N) is 2. The van der Waals surface area contributed by atoms with Gasteiger partial charge < -0.3 is 15.7 Å². The van der Waals surface area contributed by atoms with Crippen LogP contribution >= 0.6 is 11.3 Å². The number of amides is 2. The number of aryl methyl sites for hydroxylation is 1. The molecule has 3 N–H and O–H groups in total. The van der Waals surface area contributed by atoms with E-state index in [0.717, 1.165) is 10.4 Å². The minimum atomic E-state index is -0.280. The summed E-state index contributed by atoms with van der Waals surface area (Å²) in [7, 11) is 0. The summed E-state index contributed by atoms with van der Waals surface area (Å²) in [5.41, 5.74) is 1.09. The Labute approximate surface area is 128 Å². The maximum atomic E-state index is 11.9. The van der Waals surface area contributed by atoms with Crippen molar-refractivity contribution in [3.63, 3.8) is 0 Å². The van der Waals surface area contributed by atoms with E-state index in [1.807, 2.05) is 49.4 Å². The van der Waals surface area contributed by atoms with Gasteiger partial charge in [-0.05, 0) is 31.0 Å². The van der Waals surface area contributed by atoms with Crippen LogP contribution in [0.5, 0.6) is 0 Å². The molecule has 2 rings (SSSR count). The Balaban J connectivity index is 1.79. The normalized spacial score (nSPS) is 11.9. The molecule has 0 radical (unpaired) electrons. The molecule has 1 heterocycles. The summed E-state index contributed by atoms with van der Waals surface area (Å²) in [6, 6.07) is 13.3. The standard InChI is InChI=1S/C16H20N2O2S/c1-12-7-8-15(21-12)10-17-16(20)18-14(11-19)9-13-5-3-2-4-6-13/h2-8,14,19H,9-11H2,1H3,(H2,17,18,20). The molecule has 0 aliphatic heterocycles. The molecule has 2 amide bonds. The van der Waals surface area contributed by atoms with E-state index in [1.165, 1.54) is 4.88 Å². The van der Waals surface area contributed by atoms with Crippen LogP contribution in [0.25, 0.3) is 0 Å². The third-order valence-electron chi connectivity index (χ3n) is 3.10. The van der Waals surface area contributed by atoms with Gasteiger partial charge in [0.1, 0.15) is 0 Å². The Morgan fingerprint density at radius 3 is 2.62 bits per heavy atom. The highest BCUT2D eigenvalue weighted by Gasteiger charge is 2.11. The average Bonchev–Trinajstić information content (AvgIpc) is 2.91. The van der Waals surface area contributed by atoms with Crippen molar-refractivity contribution in [3.8, 4) is 0 Å². The third kappa shape index (κ3) is 5.21. The lowest BCUT2D eigenvalue weighted by Crippen LogP contribution is -2.44. The van der Waals surface area contributed by atoms with Gasteiger partial charge in [0.2, 0.25) is 0 Å². The second-order valence-electron chi connectivity index (χ2n) is 4.91. The van der Waals surface area contributed by atoms with Crippen molar-refractivity contribution in [2.75, 3.05) is 6.61 Å². The molecular formula is C16H20N2O2S. The van der Waals surface area contributed by atoms with Crippen LogP contribution in [0, 0.1) is 6.92 Å². The second kappa shape index (κ2) is 7.81. The number of aliphatic hydroxyl groups excluding tert-OH is 1. The minimum Gasteiger partial charge on any atom is -0.394 e. The van der Waals surface area contributed by atoms with Crippen molar-refractivity contribution in [2.24, 2.45) is 0 Å². The van der Waals surface area contributed by atoms with Crippen molar-refractivity contribution in [2.45, 2.75) is 25.9 Å². The molecule has 4 nitrogen and oxygen atoms in total. The Kier molecular flexibility index (Phi) is 5.78. The lowest BCUT2D eigenvalue weighted by atomic mass is 10.1. The zero-order valence-electron chi connectivity index (χ0n) is 12.0. The molecule has 1 aromatic carbocycles. The van der Waals surface area contributed by atoms with Crippen molar-refractivity contribution in [3.05, 3.63) is 57.8 Å². The summed E-state index contributed by atoms with van der Waals surface area (Å²) in [6.07, 6.45) is 0.614. The Morgan fingerprint density at radius 1 is 1.24 bits per heavy atom. The lowest BCUT2D eigenvalue weighted by Gasteiger charge is -2.16. The molecule has 5 heteroatoms. The monoisotopic (exact) mass is 304 g/mol. The topological polar surface area (TPSA) is 61.4 Å². The van der Waals surface area contributed by atoms with E-state index in [9.17, 15) is 9.90 Å². The first-order valence-electron chi connectivity index (χ1n) is 6.92. The van der Waals surface area contributed by atoms with E-state index >= 15 is 0 Å². The van der Waals surface area contributed by atoms with E-state index in [-0.39, 0.29) is 18.7 Å². The van der Waals surface area contributed by atoms with Gasteiger partial charge in [-0.2, -0.15) is 0 Å². The van der Waals surface area contributed by atoms with Crippen molar-refractivity contribution in [1.82, 2.24) is 10.6 Å². The van der Waals surface area contributed by atoms with Crippen LogP contribution in [-0.4, -0.2) is 23.8 Å². The van der Waals surface area contributed by atoms with Crippen molar-refractivity contribution in [1.29, 1.82) is 0 Å². The fourth-order valence-corrected chi connectivity index (χ4v) is 2.87. The number of benzene rings is 1. The average molecular weight is 304 g/mol. The molecule has 0 spiro atoms. The molecule has 1 unspecified atom stereocenters. The summed E-state index contributed by atoms with van der Waals surface area (Å²) < 4.78 is 0. The minimum absolute atomic E-state index is 0.0829. The van der Waals surface area contributed by atoms with E-state index in [4.69, 9.17) is 0 Å². The van der Waals surface area contributed by atoms with Gasteiger partial charge in [0.05, 0.1) is 19.2 Å². The molecule has 112 valence electrons. The second-order valence-corrected chi connectivity index (χ2v) is 6.28. The van der Waals surface area contributed by atoms with Gasteiger partial charge in [-0.25, -0.2) is 4.79 Å². The Bertz CT molecular complexity index is 569. The maximum Gasteiger partial charge on any atom is 0.315 e. The fraction of sp³-hybridized carbons (Fsp3) is 0.312. The first-order valence-corrected chi connectivity index (χ1v) is 7.73. The first-order chi connectivity index (χ1) is 10.2. The molecule has 2 aromatic rings. The van der Waals surface area contributed by atoms with Crippen LogP contribution in [0.3, 0.4) is 0 Å². The third-order valence-corrected chi connectivity index (χ3v) is 4.10. The van der Waals surface area contributed by atoms with Crippen LogP contribution in [0.4, 0.5) is 4.79 Å². The van der Waals surface area contributed by atoms with E-state index in [2.05, 4.69) is 10.6 Å². The SMILES string of the molecule is Cc1ccc(CNC(=O)NC(CO)Cc2ccccc2)s1. The highest BCUT2D eigenvalue weighted by atomic mass is 32.1. The number of hydrogen-bond donors (Lipinski definition) is 3. The van der Waals surface area contributed by atoms with E-state index in [1.54, 1.807) is 11.3 Å². The molecule has 0 fully saturated rings. The number of urea groups is 1. The van der Waals surface area contributed by atoms with Crippen molar-refractivity contribution >= 4 is 17.4 Å². The predicted octanol–water partition coefficient (Wildman–Crippen LogP) is 2.46.